The number of amides is 1. The number of aliphatic hydroxyl groups is 1. The number of methoxy groups -OCH3 is 2. The van der Waals surface area contributed by atoms with Gasteiger partial charge in [0.15, 0.2) is 23.0 Å². The van der Waals surface area contributed by atoms with Gasteiger partial charge in [0.1, 0.15) is 19.0 Å². The summed E-state index contributed by atoms with van der Waals surface area (Å²) in [4.78, 5) is 32.2. The van der Waals surface area contributed by atoms with Gasteiger partial charge in [-0.3, -0.25) is 9.59 Å². The van der Waals surface area contributed by atoms with E-state index in [1.54, 1.807) is 48.9 Å². The summed E-state index contributed by atoms with van der Waals surface area (Å²) in [6.07, 6.45) is 5.77. The largest absolute Gasteiger partial charge is 0.507 e. The molecule has 0 radical (unpaired) electrons. The Labute approximate surface area is 213 Å². The Bertz CT molecular complexity index is 1350. The minimum atomic E-state index is -0.888. The predicted octanol–water partition coefficient (Wildman–Crippen LogP) is 3.18. The van der Waals surface area contributed by atoms with Crippen LogP contribution in [-0.4, -0.2) is 65.2 Å². The number of aromatic nitrogens is 2. The van der Waals surface area contributed by atoms with Crippen LogP contribution in [0.5, 0.6) is 23.0 Å². The number of carbonyl (C=O) groups excluding carboxylic acids is 2. The highest BCUT2D eigenvalue weighted by Crippen LogP contribution is 2.46. The van der Waals surface area contributed by atoms with Gasteiger partial charge in [-0.1, -0.05) is 12.1 Å². The summed E-state index contributed by atoms with van der Waals surface area (Å²) >= 11 is 0. The van der Waals surface area contributed by atoms with Crippen molar-refractivity contribution < 1.29 is 33.6 Å². The Kier molecular flexibility index (Phi) is 6.72. The second-order valence-electron chi connectivity index (χ2n) is 8.59. The average Bonchev–Trinajstić information content (AvgIpc) is 3.54. The molecular weight excluding hydrogens is 478 g/mol. The molecule has 5 rings (SSSR count). The number of fused-ring (bicyclic) bond motifs is 1. The first kappa shape index (κ1) is 24.2. The third kappa shape index (κ3) is 4.46. The molecule has 0 saturated carbocycles. The van der Waals surface area contributed by atoms with Crippen molar-refractivity contribution in [2.24, 2.45) is 0 Å². The van der Waals surface area contributed by atoms with E-state index < -0.39 is 17.7 Å². The molecule has 1 fully saturated rings. The van der Waals surface area contributed by atoms with Crippen LogP contribution in [0.3, 0.4) is 0 Å². The molecule has 37 heavy (non-hydrogen) atoms. The average molecular weight is 506 g/mol. The zero-order valence-corrected chi connectivity index (χ0v) is 20.5. The van der Waals surface area contributed by atoms with Gasteiger partial charge in [-0.05, 0) is 30.7 Å². The van der Waals surface area contributed by atoms with E-state index in [0.717, 1.165) is 0 Å². The minimum Gasteiger partial charge on any atom is -0.507 e. The topological polar surface area (TPSA) is 112 Å². The molecule has 0 spiro atoms. The maximum absolute atomic E-state index is 13.4. The number of para-hydroxylation sites is 1. The van der Waals surface area contributed by atoms with E-state index >= 15 is 0 Å². The third-order valence-electron chi connectivity index (χ3n) is 6.46. The highest BCUT2D eigenvalue weighted by molar-refractivity contribution is 6.46. The molecule has 3 aromatic rings. The zero-order valence-electron chi connectivity index (χ0n) is 20.5. The lowest BCUT2D eigenvalue weighted by Crippen LogP contribution is -2.31. The molecule has 0 bridgehead atoms. The quantitative estimate of drug-likeness (QED) is 0.282. The van der Waals surface area contributed by atoms with E-state index in [4.69, 9.17) is 18.9 Å². The van der Waals surface area contributed by atoms with Gasteiger partial charge in [-0.15, -0.1) is 0 Å². The number of hydrogen-bond acceptors (Lipinski definition) is 8. The Hall–Kier alpha value is -4.47. The maximum Gasteiger partial charge on any atom is 0.295 e. The normalized spacial score (nSPS) is 18.2. The summed E-state index contributed by atoms with van der Waals surface area (Å²) in [5.41, 5.74) is 0.839. The van der Waals surface area contributed by atoms with Crippen molar-refractivity contribution in [2.45, 2.75) is 19.0 Å². The Morgan fingerprint density at radius 1 is 1.08 bits per heavy atom. The highest BCUT2D eigenvalue weighted by atomic mass is 16.6. The molecule has 10 nitrogen and oxygen atoms in total. The number of Topliss-reactive ketones (excluding diaryl/α,β-unsaturated/α-hetero) is 1. The molecule has 2 aromatic carbocycles. The van der Waals surface area contributed by atoms with Crippen LogP contribution in [0.1, 0.15) is 23.6 Å². The van der Waals surface area contributed by atoms with Crippen molar-refractivity contribution in [3.8, 4) is 23.0 Å². The Balaban J connectivity index is 1.60. The lowest BCUT2D eigenvalue weighted by atomic mass is 9.94. The Morgan fingerprint density at radius 3 is 2.62 bits per heavy atom. The maximum atomic E-state index is 13.4. The summed E-state index contributed by atoms with van der Waals surface area (Å²) in [5.74, 6) is 0.0638. The molecule has 1 atom stereocenters. The third-order valence-corrected chi connectivity index (χ3v) is 6.46. The smallest absolute Gasteiger partial charge is 0.295 e. The van der Waals surface area contributed by atoms with Crippen LogP contribution in [0.2, 0.25) is 0 Å². The number of hydrogen-bond donors (Lipinski definition) is 1. The van der Waals surface area contributed by atoms with Crippen LogP contribution < -0.4 is 18.9 Å². The summed E-state index contributed by atoms with van der Waals surface area (Å²) in [5, 5.41) is 11.4. The van der Waals surface area contributed by atoms with Gasteiger partial charge >= 0.3 is 0 Å². The van der Waals surface area contributed by atoms with Crippen LogP contribution in [0, 0.1) is 0 Å². The summed E-state index contributed by atoms with van der Waals surface area (Å²) in [7, 11) is 3.01. The van der Waals surface area contributed by atoms with Gasteiger partial charge < -0.3 is 33.5 Å². The fourth-order valence-electron chi connectivity index (χ4n) is 4.75. The predicted molar refractivity (Wildman–Crippen MR) is 133 cm³/mol. The molecule has 1 aromatic heterocycles. The number of aryl methyl sites for hydroxylation is 1. The van der Waals surface area contributed by atoms with Gasteiger partial charge in [0.25, 0.3) is 11.7 Å². The first-order chi connectivity index (χ1) is 18.0. The molecule has 1 N–H and O–H groups in total. The second-order valence-corrected chi connectivity index (χ2v) is 8.59. The lowest BCUT2D eigenvalue weighted by molar-refractivity contribution is -0.140. The van der Waals surface area contributed by atoms with E-state index in [-0.39, 0.29) is 17.9 Å². The molecular formula is C27H27N3O7. The van der Waals surface area contributed by atoms with Crippen LogP contribution >= 0.6 is 0 Å². The zero-order chi connectivity index (χ0) is 25.9. The van der Waals surface area contributed by atoms with Crippen molar-refractivity contribution in [3.63, 3.8) is 0 Å². The van der Waals surface area contributed by atoms with Crippen LogP contribution in [-0.2, 0) is 16.1 Å². The van der Waals surface area contributed by atoms with Gasteiger partial charge in [-0.2, -0.15) is 0 Å². The number of ketones is 1. The van der Waals surface area contributed by atoms with Crippen molar-refractivity contribution >= 4 is 17.4 Å². The number of benzene rings is 2. The van der Waals surface area contributed by atoms with E-state index in [1.807, 2.05) is 10.8 Å². The van der Waals surface area contributed by atoms with Crippen LogP contribution in [0.15, 0.2) is 60.7 Å². The number of likely N-dealkylation sites (tertiary alicyclic amines) is 1. The molecule has 3 heterocycles. The molecule has 10 heteroatoms. The fraction of sp³-hybridized carbons (Fsp3) is 0.296. The van der Waals surface area contributed by atoms with E-state index in [0.29, 0.717) is 60.3 Å². The number of rotatable bonds is 8. The van der Waals surface area contributed by atoms with E-state index in [1.165, 1.54) is 19.1 Å². The van der Waals surface area contributed by atoms with Crippen LogP contribution in [0.4, 0.5) is 0 Å². The van der Waals surface area contributed by atoms with Gasteiger partial charge in [0.05, 0.1) is 32.2 Å². The summed E-state index contributed by atoms with van der Waals surface area (Å²) in [6, 6.07) is 9.27. The number of ether oxygens (including phenoxy) is 4. The molecule has 2 aliphatic heterocycles. The van der Waals surface area contributed by atoms with Crippen molar-refractivity contribution in [1.82, 2.24) is 14.5 Å². The second kappa shape index (κ2) is 10.3. The van der Waals surface area contributed by atoms with E-state index in [2.05, 4.69) is 4.98 Å². The number of imidazole rings is 1. The molecule has 192 valence electrons. The number of nitrogens with zero attached hydrogens (tertiary/aromatic N) is 3. The van der Waals surface area contributed by atoms with Crippen molar-refractivity contribution in [3.05, 3.63) is 71.8 Å². The first-order valence-corrected chi connectivity index (χ1v) is 11.9. The molecule has 1 saturated heterocycles. The molecule has 2 aliphatic rings. The number of aliphatic hydroxyl groups excluding tert-OH is 1. The van der Waals surface area contributed by atoms with Crippen LogP contribution in [0.25, 0.3) is 5.76 Å². The molecule has 0 unspecified atom stereocenters. The standard InChI is InChI=1S/C27H27N3O7/c1-34-20-6-3-5-18(26(20)35-2)23-22(24(31)17-7-8-19-21(15-17)37-14-13-36-19)25(32)27(33)30(23)11-4-10-29-12-9-28-16-29/h3,5-9,12,15-16,23,31H,4,10-11,13-14H2,1-2H3/t23-/m0/s1. The van der Waals surface area contributed by atoms with Gasteiger partial charge in [-0.25, -0.2) is 4.98 Å². The highest BCUT2D eigenvalue weighted by Gasteiger charge is 2.47. The lowest BCUT2D eigenvalue weighted by Gasteiger charge is -2.27. The number of carbonyl (C=O) groups is 2. The molecule has 1 amide bonds. The summed E-state index contributed by atoms with van der Waals surface area (Å²) < 4.78 is 24.2. The SMILES string of the molecule is COc1cccc([C@H]2C(=C(O)c3ccc4c(c3)OCCO4)C(=O)C(=O)N2CCCn2ccnc2)c1OC. The minimum absolute atomic E-state index is 0.0316. The fourth-order valence-corrected chi connectivity index (χ4v) is 4.75. The van der Waals surface area contributed by atoms with E-state index in [9.17, 15) is 14.7 Å². The van der Waals surface area contributed by atoms with Crippen molar-refractivity contribution in [2.75, 3.05) is 34.0 Å². The Morgan fingerprint density at radius 2 is 1.89 bits per heavy atom. The first-order valence-electron chi connectivity index (χ1n) is 11.9. The van der Waals surface area contributed by atoms with Crippen molar-refractivity contribution in [1.29, 1.82) is 0 Å². The van der Waals surface area contributed by atoms with Gasteiger partial charge in [0.2, 0.25) is 0 Å². The van der Waals surface area contributed by atoms with Gasteiger partial charge in [0, 0.05) is 36.6 Å². The molecule has 0 aliphatic carbocycles. The monoisotopic (exact) mass is 505 g/mol. The summed E-state index contributed by atoms with van der Waals surface area (Å²) in [6.45, 7) is 1.68.